The van der Waals surface area contributed by atoms with E-state index in [0.29, 0.717) is 32.7 Å². The van der Waals surface area contributed by atoms with Crippen LogP contribution in [0.1, 0.15) is 267 Å². The zero-order valence-corrected chi connectivity index (χ0v) is 50.0. The third-order valence-corrected chi connectivity index (χ3v) is 20.0. The fourth-order valence-corrected chi connectivity index (χ4v) is 15.0. The Morgan fingerprint density at radius 2 is 0.693 bits per heavy atom. The molecule has 0 aliphatic carbocycles. The van der Waals surface area contributed by atoms with Gasteiger partial charge >= 0.3 is 23.9 Å². The van der Waals surface area contributed by atoms with Gasteiger partial charge in [-0.25, -0.2) is 4.79 Å². The number of carbonyl (C=O) groups excluding carboxylic acids is 4. The van der Waals surface area contributed by atoms with Crippen LogP contribution in [0.5, 0.6) is 0 Å². The molecule has 2 aromatic carbocycles. The third kappa shape index (κ3) is 29.7. The molecule has 0 bridgehead atoms. The lowest BCUT2D eigenvalue weighted by atomic mass is 9.94. The van der Waals surface area contributed by atoms with Crippen molar-refractivity contribution < 1.29 is 42.6 Å². The van der Waals surface area contributed by atoms with Crippen LogP contribution >= 0.6 is 0 Å². The molecule has 0 saturated carbocycles. The van der Waals surface area contributed by atoms with Crippen molar-refractivity contribution in [1.29, 1.82) is 0 Å². The van der Waals surface area contributed by atoms with Gasteiger partial charge in [-0.3, -0.25) is 14.4 Å². The first-order valence-electron chi connectivity index (χ1n) is 30.9. The van der Waals surface area contributed by atoms with Gasteiger partial charge in [0.15, 0.2) is 0 Å². The minimum Gasteiger partial charge on any atom is -0.466 e. The van der Waals surface area contributed by atoms with Gasteiger partial charge in [0.05, 0.1) is 38.3 Å². The number of esters is 4. The number of carbonyl (C=O) groups is 4. The van der Waals surface area contributed by atoms with Gasteiger partial charge in [-0.15, -0.1) is 0 Å². The van der Waals surface area contributed by atoms with Crippen LogP contribution < -0.4 is 10.4 Å². The lowest BCUT2D eigenvalue weighted by molar-refractivity contribution is -0.154. The summed E-state index contributed by atoms with van der Waals surface area (Å²) >= 11 is 0. The van der Waals surface area contributed by atoms with Crippen LogP contribution in [0.2, 0.25) is 5.04 Å². The number of hydrogen-bond acceptors (Lipinski definition) is 9. The van der Waals surface area contributed by atoms with Crippen LogP contribution in [0.3, 0.4) is 0 Å². The lowest BCUT2D eigenvalue weighted by Crippen LogP contribution is -2.68. The van der Waals surface area contributed by atoms with Gasteiger partial charge in [0, 0.05) is 6.42 Å². The zero-order valence-electron chi connectivity index (χ0n) is 49.0. The minimum absolute atomic E-state index is 0.00342. The first-order valence-corrected chi connectivity index (χ1v) is 32.8. The molecule has 0 spiro atoms. The maximum absolute atomic E-state index is 14.2. The van der Waals surface area contributed by atoms with E-state index < -0.39 is 20.4 Å². The Morgan fingerprint density at radius 3 is 1.05 bits per heavy atom. The van der Waals surface area contributed by atoms with E-state index in [-0.39, 0.29) is 54.2 Å². The second kappa shape index (κ2) is 43.5. The summed E-state index contributed by atoms with van der Waals surface area (Å²) in [5.74, 6) is -0.898. The highest BCUT2D eigenvalue weighted by Gasteiger charge is 2.52. The first kappa shape index (κ1) is 67.6. The molecule has 3 unspecified atom stereocenters. The van der Waals surface area contributed by atoms with Gasteiger partial charge in [0.1, 0.15) is 6.10 Å². The van der Waals surface area contributed by atoms with Gasteiger partial charge in [-0.05, 0) is 98.9 Å². The molecule has 0 aliphatic rings. The summed E-state index contributed by atoms with van der Waals surface area (Å²) in [5, 5.41) is 1.70. The van der Waals surface area contributed by atoms with E-state index in [1.165, 1.54) is 103 Å². The predicted octanol–water partition coefficient (Wildman–Crippen LogP) is 16.7. The van der Waals surface area contributed by atoms with E-state index in [9.17, 15) is 19.2 Å². The highest BCUT2D eigenvalue weighted by atomic mass is 28.4. The Hall–Kier alpha value is -3.50. The molecule has 9 nitrogen and oxygen atoms in total. The Labute approximate surface area is 460 Å². The van der Waals surface area contributed by atoms with E-state index in [0.717, 1.165) is 100 Å². The molecule has 0 fully saturated rings. The molecule has 0 heterocycles. The third-order valence-electron chi connectivity index (χ3n) is 15.0. The quantitative estimate of drug-likeness (QED) is 0.0277. The molecule has 0 amide bonds. The lowest BCUT2D eigenvalue weighted by Gasteiger charge is -2.44. The smallest absolute Gasteiger partial charge is 0.334 e. The molecule has 0 aliphatic heterocycles. The predicted molar refractivity (Wildman–Crippen MR) is 313 cm³/mol. The molecule has 2 rings (SSSR count). The molecule has 2 aromatic rings. The second-order valence-corrected chi connectivity index (χ2v) is 26.8. The van der Waals surface area contributed by atoms with Gasteiger partial charge < -0.3 is 23.4 Å². The molecule has 0 aromatic heterocycles. The number of ether oxygens (including phenoxy) is 4. The van der Waals surface area contributed by atoms with E-state index in [1.807, 2.05) is 36.4 Å². The molecule has 75 heavy (non-hydrogen) atoms. The fourth-order valence-electron chi connectivity index (χ4n) is 10.3. The number of unbranched alkanes of at least 4 members (excludes halogenated alkanes) is 22. The van der Waals surface area contributed by atoms with Crippen molar-refractivity contribution in [2.45, 2.75) is 278 Å². The van der Waals surface area contributed by atoms with Crippen molar-refractivity contribution in [1.82, 2.24) is 0 Å². The Bertz CT molecular complexity index is 1670. The summed E-state index contributed by atoms with van der Waals surface area (Å²) in [6.45, 7) is 16.8. The normalized spacial score (nSPS) is 13.0. The van der Waals surface area contributed by atoms with Crippen molar-refractivity contribution in [2.75, 3.05) is 26.4 Å². The fraction of sp³-hybridized carbons (Fsp3) is 0.754. The Morgan fingerprint density at radius 1 is 0.387 bits per heavy atom. The molecular formula is C65H110O9Si. The van der Waals surface area contributed by atoms with Crippen molar-refractivity contribution in [3.05, 3.63) is 60.7 Å². The molecular weight excluding hydrogens is 953 g/mol. The summed E-state index contributed by atoms with van der Waals surface area (Å²) < 4.78 is 30.6. The molecule has 0 N–H and O–H groups in total. The highest BCUT2D eigenvalue weighted by molar-refractivity contribution is 6.99. The summed E-state index contributed by atoms with van der Waals surface area (Å²) in [6.07, 6.45) is 33.2. The van der Waals surface area contributed by atoms with Crippen LogP contribution in [0.25, 0.3) is 0 Å². The van der Waals surface area contributed by atoms with Gasteiger partial charge in [0.2, 0.25) is 0 Å². The van der Waals surface area contributed by atoms with Crippen LogP contribution in [-0.2, 0) is 42.6 Å². The summed E-state index contributed by atoms with van der Waals surface area (Å²) in [7, 11) is -3.17. The molecule has 3 atom stereocenters. The maximum atomic E-state index is 14.2. The number of hydrogen-bond donors (Lipinski definition) is 0. The Balaban J connectivity index is 1.96. The molecule has 10 heteroatoms. The number of benzene rings is 2. The largest absolute Gasteiger partial charge is 0.466 e. The molecule has 0 radical (unpaired) electrons. The average molecular weight is 1060 g/mol. The van der Waals surface area contributed by atoms with Crippen LogP contribution in [-0.4, -0.2) is 64.7 Å². The average Bonchev–Trinajstić information content (AvgIpc) is 3.41. The van der Waals surface area contributed by atoms with Crippen molar-refractivity contribution in [3.8, 4) is 0 Å². The van der Waals surface area contributed by atoms with Gasteiger partial charge in [-0.2, -0.15) is 0 Å². The van der Waals surface area contributed by atoms with E-state index in [2.05, 4.69) is 72.7 Å². The van der Waals surface area contributed by atoms with Crippen molar-refractivity contribution in [2.24, 2.45) is 11.8 Å². The van der Waals surface area contributed by atoms with E-state index in [4.69, 9.17) is 23.4 Å². The summed E-state index contributed by atoms with van der Waals surface area (Å²) in [6, 6.07) is 20.4. The first-order chi connectivity index (χ1) is 36.4. The van der Waals surface area contributed by atoms with Crippen molar-refractivity contribution >= 4 is 42.6 Å². The van der Waals surface area contributed by atoms with Gasteiger partial charge in [-0.1, -0.05) is 238 Å². The molecule has 428 valence electrons. The summed E-state index contributed by atoms with van der Waals surface area (Å²) in [4.78, 5) is 53.8. The van der Waals surface area contributed by atoms with E-state index in [1.54, 1.807) is 0 Å². The minimum atomic E-state index is -3.17. The van der Waals surface area contributed by atoms with Crippen molar-refractivity contribution in [3.63, 3.8) is 0 Å². The molecule has 0 saturated heterocycles. The van der Waals surface area contributed by atoms with Crippen LogP contribution in [0, 0.1) is 11.8 Å². The topological polar surface area (TPSA) is 114 Å². The zero-order chi connectivity index (χ0) is 54.7. The SMILES string of the molecule is CCCCCCCCC(CCCCCC)C(=O)OCCCCCCOC(=O)CCC(O[Si](c1ccccc1)(c1ccccc1)C(C)(C)C)C(=O)OCCCCCCOC(=O)C(CCCCCC)CCCCCCCC. The van der Waals surface area contributed by atoms with Crippen LogP contribution in [0.4, 0.5) is 0 Å². The maximum Gasteiger partial charge on any atom is 0.334 e. The van der Waals surface area contributed by atoms with Gasteiger partial charge in [0.25, 0.3) is 8.32 Å². The standard InChI is InChI=1S/C65H110O9Si/c1-8-12-16-20-22-32-44-56(42-30-18-14-10-3)62(67)71-53-39-25-24-38-52-70-61(66)51-50-60(74-75(65(5,6)7,58-46-34-28-35-47-58)59-48-36-29-37-49-59)64(69)73-55-41-27-26-40-54-72-63(68)57(43-31-19-15-11-4)45-33-23-21-17-13-9-2/h28-29,34-37,46-49,56-57,60H,8-27,30-33,38-45,50-55H2,1-7H3. The number of rotatable bonds is 48. The Kier molecular flexibility index (Phi) is 39.2. The second-order valence-electron chi connectivity index (χ2n) is 22.6. The highest BCUT2D eigenvalue weighted by Crippen LogP contribution is 2.38. The van der Waals surface area contributed by atoms with E-state index >= 15 is 0 Å². The van der Waals surface area contributed by atoms with Crippen LogP contribution in [0.15, 0.2) is 60.7 Å². The summed E-state index contributed by atoms with van der Waals surface area (Å²) in [5.41, 5.74) is 0. The monoisotopic (exact) mass is 1060 g/mol.